The van der Waals surface area contributed by atoms with Crippen LogP contribution >= 0.6 is 0 Å². The average molecular weight is 335 g/mol. The van der Waals surface area contributed by atoms with Crippen molar-refractivity contribution in [3.8, 4) is 5.75 Å². The number of furan rings is 1. The molecule has 0 bridgehead atoms. The van der Waals surface area contributed by atoms with E-state index in [4.69, 9.17) is 9.15 Å². The van der Waals surface area contributed by atoms with Gasteiger partial charge in [0.05, 0.1) is 19.4 Å². The van der Waals surface area contributed by atoms with E-state index in [0.29, 0.717) is 31.0 Å². The molecule has 0 saturated heterocycles. The molecule has 4 nitrogen and oxygen atoms in total. The fourth-order valence-corrected chi connectivity index (χ4v) is 2.66. The van der Waals surface area contributed by atoms with Gasteiger partial charge in [0.15, 0.2) is 0 Å². The molecule has 0 saturated carbocycles. The molecule has 25 heavy (non-hydrogen) atoms. The fourth-order valence-electron chi connectivity index (χ4n) is 2.66. The van der Waals surface area contributed by atoms with Gasteiger partial charge >= 0.3 is 0 Å². The third-order valence-electron chi connectivity index (χ3n) is 3.82. The Balaban J connectivity index is 1.84. The average Bonchev–Trinajstić information content (AvgIpc) is 3.15. The van der Waals surface area contributed by atoms with Crippen molar-refractivity contribution in [2.75, 3.05) is 6.61 Å². The fraction of sp³-hybridized carbons (Fsp3) is 0.190. The highest BCUT2D eigenvalue weighted by atomic mass is 16.5. The van der Waals surface area contributed by atoms with Gasteiger partial charge in [0, 0.05) is 12.1 Å². The normalized spacial score (nSPS) is 10.4. The second kappa shape index (κ2) is 8.20. The van der Waals surface area contributed by atoms with Crippen LogP contribution in [-0.4, -0.2) is 17.4 Å². The first kappa shape index (κ1) is 16.8. The second-order valence-corrected chi connectivity index (χ2v) is 5.69. The van der Waals surface area contributed by atoms with Gasteiger partial charge in [-0.25, -0.2) is 0 Å². The molecule has 0 atom stereocenters. The third kappa shape index (κ3) is 4.51. The van der Waals surface area contributed by atoms with Crippen LogP contribution in [-0.2, 0) is 13.1 Å². The second-order valence-electron chi connectivity index (χ2n) is 5.69. The number of nitrogens with zero attached hydrogens (tertiary/aromatic N) is 1. The van der Waals surface area contributed by atoms with E-state index in [-0.39, 0.29) is 5.91 Å². The molecule has 0 fully saturated rings. The summed E-state index contributed by atoms with van der Waals surface area (Å²) in [5, 5.41) is 0. The van der Waals surface area contributed by atoms with E-state index in [1.54, 1.807) is 17.2 Å². The van der Waals surface area contributed by atoms with Gasteiger partial charge in [0.1, 0.15) is 11.5 Å². The molecule has 3 aromatic rings. The van der Waals surface area contributed by atoms with Crippen molar-refractivity contribution >= 4 is 5.91 Å². The SMILES string of the molecule is CCOc1cccc(C(=O)N(Cc2ccccc2)Cc2ccco2)c1. The predicted molar refractivity (Wildman–Crippen MR) is 96.3 cm³/mol. The molecule has 0 aliphatic carbocycles. The van der Waals surface area contributed by atoms with E-state index < -0.39 is 0 Å². The Kier molecular flexibility index (Phi) is 5.52. The number of benzene rings is 2. The molecule has 128 valence electrons. The molecule has 1 heterocycles. The van der Waals surface area contributed by atoms with Gasteiger partial charge in [-0.05, 0) is 42.8 Å². The summed E-state index contributed by atoms with van der Waals surface area (Å²) in [6.45, 7) is 3.42. The molecule has 1 amide bonds. The zero-order valence-electron chi connectivity index (χ0n) is 14.2. The van der Waals surface area contributed by atoms with Crippen LogP contribution in [0.25, 0.3) is 0 Å². The Bertz CT molecular complexity index is 797. The number of rotatable bonds is 7. The molecule has 3 rings (SSSR count). The first-order valence-corrected chi connectivity index (χ1v) is 8.34. The lowest BCUT2D eigenvalue weighted by Crippen LogP contribution is -2.30. The van der Waals surface area contributed by atoms with Crippen LogP contribution in [0.15, 0.2) is 77.4 Å². The highest BCUT2D eigenvalue weighted by Gasteiger charge is 2.18. The number of hydrogen-bond acceptors (Lipinski definition) is 3. The standard InChI is InChI=1S/C21H21NO3/c1-2-24-19-11-6-10-18(14-19)21(23)22(16-20-12-7-13-25-20)15-17-8-4-3-5-9-17/h3-14H,2,15-16H2,1H3. The number of amides is 1. The molecular weight excluding hydrogens is 314 g/mol. The summed E-state index contributed by atoms with van der Waals surface area (Å²) in [4.78, 5) is 14.8. The molecule has 4 heteroatoms. The number of carbonyl (C=O) groups excluding carboxylic acids is 1. The van der Waals surface area contributed by atoms with Crippen molar-refractivity contribution < 1.29 is 13.9 Å². The van der Waals surface area contributed by atoms with E-state index in [1.807, 2.05) is 67.6 Å². The maximum Gasteiger partial charge on any atom is 0.254 e. The molecule has 0 unspecified atom stereocenters. The summed E-state index contributed by atoms with van der Waals surface area (Å²) in [6, 6.07) is 20.9. The first-order valence-electron chi connectivity index (χ1n) is 8.34. The van der Waals surface area contributed by atoms with Crippen molar-refractivity contribution in [3.05, 3.63) is 89.9 Å². The lowest BCUT2D eigenvalue weighted by molar-refractivity contribution is 0.0717. The smallest absolute Gasteiger partial charge is 0.254 e. The summed E-state index contributed by atoms with van der Waals surface area (Å²) in [7, 11) is 0. The van der Waals surface area contributed by atoms with Crippen molar-refractivity contribution in [3.63, 3.8) is 0 Å². The van der Waals surface area contributed by atoms with E-state index >= 15 is 0 Å². The zero-order valence-corrected chi connectivity index (χ0v) is 14.2. The third-order valence-corrected chi connectivity index (χ3v) is 3.82. The lowest BCUT2D eigenvalue weighted by Gasteiger charge is -2.22. The van der Waals surface area contributed by atoms with Crippen LogP contribution < -0.4 is 4.74 Å². The minimum Gasteiger partial charge on any atom is -0.494 e. The Morgan fingerprint density at radius 2 is 1.84 bits per heavy atom. The maximum absolute atomic E-state index is 13.1. The van der Waals surface area contributed by atoms with Crippen molar-refractivity contribution in [2.45, 2.75) is 20.0 Å². The monoisotopic (exact) mass is 335 g/mol. The molecule has 1 aromatic heterocycles. The van der Waals surface area contributed by atoms with E-state index in [2.05, 4.69) is 0 Å². The van der Waals surface area contributed by atoms with Gasteiger partial charge in [-0.1, -0.05) is 36.4 Å². The van der Waals surface area contributed by atoms with Crippen LogP contribution in [0.5, 0.6) is 5.75 Å². The number of carbonyl (C=O) groups is 1. The van der Waals surface area contributed by atoms with Crippen LogP contribution in [0.1, 0.15) is 28.6 Å². The van der Waals surface area contributed by atoms with Gasteiger partial charge in [-0.3, -0.25) is 4.79 Å². The Labute approximate surface area is 147 Å². The van der Waals surface area contributed by atoms with Gasteiger partial charge in [0.2, 0.25) is 0 Å². The summed E-state index contributed by atoms with van der Waals surface area (Å²) in [6.07, 6.45) is 1.62. The summed E-state index contributed by atoms with van der Waals surface area (Å²) in [5.41, 5.74) is 1.68. The molecule has 0 N–H and O–H groups in total. The topological polar surface area (TPSA) is 42.7 Å². The molecule has 0 aliphatic heterocycles. The summed E-state index contributed by atoms with van der Waals surface area (Å²) in [5.74, 6) is 1.40. The minimum atomic E-state index is -0.0539. The van der Waals surface area contributed by atoms with E-state index in [0.717, 1.165) is 11.3 Å². The zero-order chi connectivity index (χ0) is 17.5. The predicted octanol–water partition coefficient (Wildman–Crippen LogP) is 4.52. The highest BCUT2D eigenvalue weighted by molar-refractivity contribution is 5.94. The van der Waals surface area contributed by atoms with Crippen LogP contribution in [0, 0.1) is 0 Å². The maximum atomic E-state index is 13.1. The Hall–Kier alpha value is -3.01. The van der Waals surface area contributed by atoms with Crippen molar-refractivity contribution in [1.82, 2.24) is 4.90 Å². The van der Waals surface area contributed by atoms with Gasteiger partial charge < -0.3 is 14.1 Å². The largest absolute Gasteiger partial charge is 0.494 e. The number of hydrogen-bond donors (Lipinski definition) is 0. The Morgan fingerprint density at radius 3 is 2.56 bits per heavy atom. The van der Waals surface area contributed by atoms with E-state index in [1.165, 1.54) is 0 Å². The number of ether oxygens (including phenoxy) is 1. The minimum absolute atomic E-state index is 0.0539. The molecule has 0 spiro atoms. The van der Waals surface area contributed by atoms with Gasteiger partial charge in [-0.2, -0.15) is 0 Å². The summed E-state index contributed by atoms with van der Waals surface area (Å²) >= 11 is 0. The molecule has 2 aromatic carbocycles. The van der Waals surface area contributed by atoms with Crippen LogP contribution in [0.4, 0.5) is 0 Å². The van der Waals surface area contributed by atoms with Gasteiger partial charge in [0.25, 0.3) is 5.91 Å². The lowest BCUT2D eigenvalue weighted by atomic mass is 10.1. The van der Waals surface area contributed by atoms with Crippen LogP contribution in [0.3, 0.4) is 0 Å². The van der Waals surface area contributed by atoms with Crippen molar-refractivity contribution in [1.29, 1.82) is 0 Å². The molecular formula is C21H21NO3. The van der Waals surface area contributed by atoms with Crippen LogP contribution in [0.2, 0.25) is 0 Å². The Morgan fingerprint density at radius 1 is 1.00 bits per heavy atom. The van der Waals surface area contributed by atoms with Crippen molar-refractivity contribution in [2.24, 2.45) is 0 Å². The summed E-state index contributed by atoms with van der Waals surface area (Å²) < 4.78 is 10.9. The van der Waals surface area contributed by atoms with Gasteiger partial charge in [-0.15, -0.1) is 0 Å². The molecule has 0 radical (unpaired) electrons. The quantitative estimate of drug-likeness (QED) is 0.637. The van der Waals surface area contributed by atoms with E-state index in [9.17, 15) is 4.79 Å². The molecule has 0 aliphatic rings. The highest BCUT2D eigenvalue weighted by Crippen LogP contribution is 2.18. The first-order chi connectivity index (χ1) is 12.3.